The van der Waals surface area contributed by atoms with Gasteiger partial charge in [0, 0.05) is 18.1 Å². The van der Waals surface area contributed by atoms with E-state index in [-0.39, 0.29) is 6.04 Å². The van der Waals surface area contributed by atoms with Gasteiger partial charge in [0.05, 0.1) is 6.04 Å². The van der Waals surface area contributed by atoms with E-state index in [1.807, 2.05) is 0 Å². The molecule has 4 atom stereocenters. The van der Waals surface area contributed by atoms with Crippen LogP contribution in [0.2, 0.25) is 0 Å². The van der Waals surface area contributed by atoms with Crippen molar-refractivity contribution in [2.24, 2.45) is 5.73 Å². The standard InChI is InChI=1S/C16H38N4/c1-8-12(5)18-15(11-4)16(17,19-13(6)9-2)20-14(7)10-3/h12-15,18-20H,8-11,17H2,1-7H3. The summed E-state index contributed by atoms with van der Waals surface area (Å²) < 4.78 is 0. The Bertz CT molecular complexity index is 233. The van der Waals surface area contributed by atoms with Gasteiger partial charge in [-0.15, -0.1) is 0 Å². The molecule has 20 heavy (non-hydrogen) atoms. The van der Waals surface area contributed by atoms with Gasteiger partial charge < -0.3 is 5.32 Å². The average Bonchev–Trinajstić information content (AvgIpc) is 2.43. The third kappa shape index (κ3) is 6.53. The Morgan fingerprint density at radius 3 is 1.45 bits per heavy atom. The molecule has 0 heterocycles. The molecule has 0 saturated heterocycles. The van der Waals surface area contributed by atoms with Crippen LogP contribution < -0.4 is 21.7 Å². The summed E-state index contributed by atoms with van der Waals surface area (Å²) >= 11 is 0. The van der Waals surface area contributed by atoms with Crippen molar-refractivity contribution in [2.45, 2.75) is 104 Å². The van der Waals surface area contributed by atoms with Crippen molar-refractivity contribution in [1.29, 1.82) is 0 Å². The third-order valence-electron chi connectivity index (χ3n) is 4.25. The lowest BCUT2D eigenvalue weighted by atomic mass is 10.0. The number of nitrogens with one attached hydrogen (secondary N) is 3. The Morgan fingerprint density at radius 1 is 0.750 bits per heavy atom. The molecule has 0 saturated carbocycles. The molecule has 0 spiro atoms. The molecule has 0 amide bonds. The number of hydrogen-bond acceptors (Lipinski definition) is 4. The normalized spacial score (nSPS) is 21.0. The molecule has 122 valence electrons. The Hall–Kier alpha value is -0.160. The second-order valence-electron chi connectivity index (χ2n) is 6.21. The highest BCUT2D eigenvalue weighted by atomic mass is 15.3. The molecule has 0 aliphatic rings. The predicted molar refractivity (Wildman–Crippen MR) is 89.7 cm³/mol. The molecule has 4 nitrogen and oxygen atoms in total. The minimum absolute atomic E-state index is 0.209. The minimum atomic E-state index is -0.566. The van der Waals surface area contributed by atoms with Crippen LogP contribution in [0.15, 0.2) is 0 Å². The quantitative estimate of drug-likeness (QED) is 0.441. The lowest BCUT2D eigenvalue weighted by Gasteiger charge is -2.44. The van der Waals surface area contributed by atoms with E-state index >= 15 is 0 Å². The maximum absolute atomic E-state index is 6.72. The van der Waals surface area contributed by atoms with Crippen molar-refractivity contribution < 1.29 is 0 Å². The van der Waals surface area contributed by atoms with Gasteiger partial charge in [0.15, 0.2) is 0 Å². The van der Waals surface area contributed by atoms with Gasteiger partial charge in [-0.1, -0.05) is 27.7 Å². The van der Waals surface area contributed by atoms with Crippen LogP contribution in [-0.2, 0) is 0 Å². The molecular weight excluding hydrogens is 248 g/mol. The van der Waals surface area contributed by atoms with Crippen LogP contribution >= 0.6 is 0 Å². The first-order valence-electron chi connectivity index (χ1n) is 8.43. The summed E-state index contributed by atoms with van der Waals surface area (Å²) in [5.41, 5.74) is 6.72. The van der Waals surface area contributed by atoms with E-state index in [0.717, 1.165) is 25.7 Å². The molecule has 0 aliphatic heterocycles. The first-order valence-corrected chi connectivity index (χ1v) is 8.43. The second kappa shape index (κ2) is 9.72. The van der Waals surface area contributed by atoms with Gasteiger partial charge in [0.2, 0.25) is 0 Å². The maximum Gasteiger partial charge on any atom is 0.137 e. The fraction of sp³-hybridized carbons (Fsp3) is 1.00. The molecule has 0 rings (SSSR count). The van der Waals surface area contributed by atoms with E-state index in [4.69, 9.17) is 5.73 Å². The fourth-order valence-electron chi connectivity index (χ4n) is 2.29. The molecule has 0 aliphatic carbocycles. The summed E-state index contributed by atoms with van der Waals surface area (Å²) in [6.45, 7) is 15.4. The number of rotatable bonds is 11. The molecule has 0 aromatic heterocycles. The van der Waals surface area contributed by atoms with Crippen molar-refractivity contribution in [3.8, 4) is 0 Å². The van der Waals surface area contributed by atoms with Crippen LogP contribution in [-0.4, -0.2) is 30.0 Å². The molecule has 0 radical (unpaired) electrons. The van der Waals surface area contributed by atoms with E-state index in [1.165, 1.54) is 0 Å². The average molecular weight is 287 g/mol. The first kappa shape index (κ1) is 19.8. The monoisotopic (exact) mass is 286 g/mol. The van der Waals surface area contributed by atoms with Gasteiger partial charge in [0.1, 0.15) is 5.79 Å². The largest absolute Gasteiger partial charge is 0.307 e. The lowest BCUT2D eigenvalue weighted by molar-refractivity contribution is 0.139. The van der Waals surface area contributed by atoms with E-state index < -0.39 is 5.79 Å². The SMILES string of the molecule is CCC(C)NC(CC)C(N)(NC(C)CC)NC(C)CC. The molecule has 0 aromatic rings. The Kier molecular flexibility index (Phi) is 9.64. The summed E-state index contributed by atoms with van der Waals surface area (Å²) in [6.07, 6.45) is 4.24. The molecule has 4 heteroatoms. The first-order chi connectivity index (χ1) is 9.32. The van der Waals surface area contributed by atoms with Gasteiger partial charge in [-0.2, -0.15) is 0 Å². The van der Waals surface area contributed by atoms with Gasteiger partial charge in [-0.05, 0) is 46.5 Å². The van der Waals surface area contributed by atoms with Crippen molar-refractivity contribution in [3.05, 3.63) is 0 Å². The maximum atomic E-state index is 6.72. The van der Waals surface area contributed by atoms with E-state index in [9.17, 15) is 0 Å². The van der Waals surface area contributed by atoms with Gasteiger partial charge in [0.25, 0.3) is 0 Å². The zero-order valence-electron chi connectivity index (χ0n) is 14.7. The van der Waals surface area contributed by atoms with Crippen molar-refractivity contribution in [2.75, 3.05) is 0 Å². The summed E-state index contributed by atoms with van der Waals surface area (Å²) in [5.74, 6) is -0.566. The second-order valence-corrected chi connectivity index (χ2v) is 6.21. The van der Waals surface area contributed by atoms with Crippen LogP contribution in [0.3, 0.4) is 0 Å². The lowest BCUT2D eigenvalue weighted by Crippen LogP contribution is -2.76. The van der Waals surface area contributed by atoms with E-state index in [0.29, 0.717) is 18.1 Å². The van der Waals surface area contributed by atoms with Crippen LogP contribution in [0.5, 0.6) is 0 Å². The van der Waals surface area contributed by atoms with Crippen LogP contribution in [0.4, 0.5) is 0 Å². The predicted octanol–water partition coefficient (Wildman–Crippen LogP) is 2.54. The molecule has 4 unspecified atom stereocenters. The van der Waals surface area contributed by atoms with Crippen LogP contribution in [0, 0.1) is 0 Å². The molecule has 0 bridgehead atoms. The van der Waals surface area contributed by atoms with Crippen LogP contribution in [0.25, 0.3) is 0 Å². The Labute approximate surface area is 126 Å². The molecule has 0 fully saturated rings. The van der Waals surface area contributed by atoms with E-state index in [1.54, 1.807) is 0 Å². The zero-order chi connectivity index (χ0) is 15.8. The van der Waals surface area contributed by atoms with Crippen LogP contribution in [0.1, 0.15) is 74.1 Å². The summed E-state index contributed by atoms with van der Waals surface area (Å²) in [6, 6.07) is 1.47. The fourth-order valence-corrected chi connectivity index (χ4v) is 2.29. The summed E-state index contributed by atoms with van der Waals surface area (Å²) in [5, 5.41) is 10.9. The van der Waals surface area contributed by atoms with Crippen molar-refractivity contribution >= 4 is 0 Å². The molecule has 0 aromatic carbocycles. The Morgan fingerprint density at radius 2 is 1.15 bits per heavy atom. The third-order valence-corrected chi connectivity index (χ3v) is 4.25. The van der Waals surface area contributed by atoms with Gasteiger partial charge in [-0.3, -0.25) is 16.4 Å². The van der Waals surface area contributed by atoms with Crippen molar-refractivity contribution in [3.63, 3.8) is 0 Å². The highest BCUT2D eigenvalue weighted by molar-refractivity contribution is 4.95. The smallest absolute Gasteiger partial charge is 0.137 e. The minimum Gasteiger partial charge on any atom is -0.307 e. The zero-order valence-corrected chi connectivity index (χ0v) is 14.7. The summed E-state index contributed by atoms with van der Waals surface area (Å²) in [4.78, 5) is 0. The van der Waals surface area contributed by atoms with E-state index in [2.05, 4.69) is 64.4 Å². The molecule has 5 N–H and O–H groups in total. The highest BCUT2D eigenvalue weighted by Gasteiger charge is 2.35. The number of nitrogens with two attached hydrogens (primary N) is 1. The van der Waals surface area contributed by atoms with Crippen molar-refractivity contribution in [1.82, 2.24) is 16.0 Å². The summed E-state index contributed by atoms with van der Waals surface area (Å²) in [7, 11) is 0. The van der Waals surface area contributed by atoms with Gasteiger partial charge in [-0.25, -0.2) is 0 Å². The Balaban J connectivity index is 5.02. The molecular formula is C16H38N4. The van der Waals surface area contributed by atoms with Gasteiger partial charge >= 0.3 is 0 Å². The topological polar surface area (TPSA) is 62.1 Å². The number of hydrogen-bond donors (Lipinski definition) is 4. The highest BCUT2D eigenvalue weighted by Crippen LogP contribution is 2.11.